The van der Waals surface area contributed by atoms with Crippen LogP contribution in [0.3, 0.4) is 0 Å². The molecule has 0 spiro atoms. The topological polar surface area (TPSA) is 71.4 Å². The predicted molar refractivity (Wildman–Crippen MR) is 22.9 cm³/mol. The monoisotopic (exact) mass is 114 g/mol. The van der Waals surface area contributed by atoms with Gasteiger partial charge in [-0.3, -0.25) is 4.79 Å². The van der Waals surface area contributed by atoms with Gasteiger partial charge in [-0.25, -0.2) is 9.59 Å². The number of carbonyl (C=O) groups is 2. The van der Waals surface area contributed by atoms with Crippen LogP contribution < -0.4 is 0 Å². The zero-order valence-corrected chi connectivity index (χ0v) is 3.75. The third kappa shape index (κ3) is 1.89. The van der Waals surface area contributed by atoms with Crippen LogP contribution in [0, 0.1) is 0 Å². The lowest BCUT2D eigenvalue weighted by Crippen LogP contribution is -2.08. The second kappa shape index (κ2) is 2.71. The first-order valence-electron chi connectivity index (χ1n) is 1.66. The summed E-state index contributed by atoms with van der Waals surface area (Å²) < 4.78 is 0. The van der Waals surface area contributed by atoms with Gasteiger partial charge in [0.05, 0.1) is 6.08 Å². The summed E-state index contributed by atoms with van der Waals surface area (Å²) in [5.41, 5.74) is 0. The highest BCUT2D eigenvalue weighted by atomic mass is 16.4. The molecule has 1 N–H and O–H groups in total. The zero-order chi connectivity index (χ0) is 6.57. The van der Waals surface area contributed by atoms with Crippen molar-refractivity contribution in [2.45, 2.75) is 0 Å². The van der Waals surface area contributed by atoms with Crippen molar-refractivity contribution < 1.29 is 19.5 Å². The summed E-state index contributed by atoms with van der Waals surface area (Å²) in [5, 5.41) is 7.75. The molecule has 0 aliphatic heterocycles. The first-order valence-corrected chi connectivity index (χ1v) is 1.66. The summed E-state index contributed by atoms with van der Waals surface area (Å²) in [5.74, 6) is -1.85. The number of carboxylic acid groups (broad SMARTS) is 1. The molecule has 0 aliphatic carbocycles. The molecule has 0 aromatic heterocycles. The number of carbonyl (C=O) groups excluding carboxylic acids is 2. The van der Waals surface area contributed by atoms with Crippen molar-refractivity contribution >= 4 is 17.7 Å². The molecule has 0 saturated heterocycles. The van der Waals surface area contributed by atoms with Gasteiger partial charge in [0.1, 0.15) is 5.94 Å². The summed E-state index contributed by atoms with van der Waals surface area (Å²) in [6.45, 7) is 0. The maximum Gasteiger partial charge on any atom is 0.377 e. The van der Waals surface area contributed by atoms with Crippen molar-refractivity contribution in [3.8, 4) is 0 Å². The SMILES string of the molecule is O=C=CC(=O)C(=O)O. The number of ketones is 1. The van der Waals surface area contributed by atoms with E-state index in [0.29, 0.717) is 6.08 Å². The van der Waals surface area contributed by atoms with Crippen LogP contribution in [-0.2, 0) is 14.4 Å². The van der Waals surface area contributed by atoms with E-state index in [4.69, 9.17) is 5.11 Å². The average Bonchev–Trinajstić information content (AvgIpc) is 1.67. The molecule has 42 valence electrons. The van der Waals surface area contributed by atoms with E-state index in [0.717, 1.165) is 5.94 Å². The summed E-state index contributed by atoms with van der Waals surface area (Å²) in [7, 11) is 0. The lowest BCUT2D eigenvalue weighted by molar-refractivity contribution is -0.146. The molecule has 0 saturated carbocycles. The minimum absolute atomic E-state index is 0.322. The molecule has 0 aromatic rings. The van der Waals surface area contributed by atoms with Crippen LogP contribution in [0.25, 0.3) is 0 Å². The summed E-state index contributed by atoms with van der Waals surface area (Å²) in [4.78, 5) is 28.6. The normalized spacial score (nSPS) is 7.00. The number of rotatable bonds is 2. The number of aliphatic carboxylic acids is 1. The molecule has 0 atom stereocenters. The minimum Gasteiger partial charge on any atom is -0.475 e. The standard InChI is InChI=1S/C4H2O4/c5-2-1-3(6)4(7)8/h1H,(H,7,8). The average molecular weight is 114 g/mol. The van der Waals surface area contributed by atoms with Crippen LogP contribution in [-0.4, -0.2) is 22.8 Å². The summed E-state index contributed by atoms with van der Waals surface area (Å²) in [6, 6.07) is 0. The molecular weight excluding hydrogens is 112 g/mol. The fraction of sp³-hybridized carbons (Fsp3) is 0. The van der Waals surface area contributed by atoms with Gasteiger partial charge in [0.25, 0.3) is 5.78 Å². The van der Waals surface area contributed by atoms with Crippen LogP contribution >= 0.6 is 0 Å². The van der Waals surface area contributed by atoms with Gasteiger partial charge in [-0.2, -0.15) is 0 Å². The Morgan fingerprint density at radius 3 is 2.12 bits per heavy atom. The van der Waals surface area contributed by atoms with Crippen molar-refractivity contribution in [2.75, 3.05) is 0 Å². The lowest BCUT2D eigenvalue weighted by atomic mass is 10.4. The second-order valence-corrected chi connectivity index (χ2v) is 0.932. The van der Waals surface area contributed by atoms with E-state index in [1.807, 2.05) is 0 Å². The Kier molecular flexibility index (Phi) is 2.23. The largest absolute Gasteiger partial charge is 0.475 e. The molecule has 0 unspecified atom stereocenters. The van der Waals surface area contributed by atoms with Gasteiger partial charge in [0.15, 0.2) is 0 Å². The molecule has 0 heterocycles. The molecule has 8 heavy (non-hydrogen) atoms. The molecule has 0 rings (SSSR count). The molecule has 0 aromatic carbocycles. The third-order valence-corrected chi connectivity index (χ3v) is 0.401. The Morgan fingerprint density at radius 1 is 1.50 bits per heavy atom. The Morgan fingerprint density at radius 2 is 2.00 bits per heavy atom. The maximum absolute atomic E-state index is 9.83. The predicted octanol–water partition coefficient (Wildman–Crippen LogP) is -0.972. The van der Waals surface area contributed by atoms with Crippen molar-refractivity contribution in [1.82, 2.24) is 0 Å². The molecule has 0 fully saturated rings. The number of carboxylic acids is 1. The smallest absolute Gasteiger partial charge is 0.377 e. The van der Waals surface area contributed by atoms with E-state index in [1.54, 1.807) is 0 Å². The van der Waals surface area contributed by atoms with E-state index in [2.05, 4.69) is 0 Å². The van der Waals surface area contributed by atoms with Gasteiger partial charge in [-0.15, -0.1) is 0 Å². The number of hydrogen-bond acceptors (Lipinski definition) is 3. The summed E-state index contributed by atoms with van der Waals surface area (Å²) in [6.07, 6.45) is 0.322. The second-order valence-electron chi connectivity index (χ2n) is 0.932. The van der Waals surface area contributed by atoms with Crippen molar-refractivity contribution in [3.63, 3.8) is 0 Å². The first-order chi connectivity index (χ1) is 3.68. The van der Waals surface area contributed by atoms with E-state index < -0.39 is 11.8 Å². The van der Waals surface area contributed by atoms with E-state index in [-0.39, 0.29) is 0 Å². The van der Waals surface area contributed by atoms with Gasteiger partial charge in [-0.1, -0.05) is 0 Å². The van der Waals surface area contributed by atoms with Gasteiger partial charge in [0, 0.05) is 0 Å². The fourth-order valence-corrected chi connectivity index (χ4v) is 0.115. The Hall–Kier alpha value is -1.41. The first kappa shape index (κ1) is 6.59. The molecular formula is C4H2O4. The van der Waals surface area contributed by atoms with Crippen LogP contribution in [0.1, 0.15) is 0 Å². The highest BCUT2D eigenvalue weighted by Gasteiger charge is 2.04. The van der Waals surface area contributed by atoms with Crippen LogP contribution in [0.2, 0.25) is 0 Å². The van der Waals surface area contributed by atoms with Crippen LogP contribution in [0.5, 0.6) is 0 Å². The molecule has 0 bridgehead atoms. The molecule has 0 amide bonds. The highest BCUT2D eigenvalue weighted by molar-refractivity contribution is 6.38. The van der Waals surface area contributed by atoms with E-state index in [1.165, 1.54) is 0 Å². The molecule has 0 aliphatic rings. The number of hydrogen-bond donors (Lipinski definition) is 1. The van der Waals surface area contributed by atoms with Crippen LogP contribution in [0.15, 0.2) is 6.08 Å². The van der Waals surface area contributed by atoms with E-state index >= 15 is 0 Å². The fourth-order valence-electron chi connectivity index (χ4n) is 0.115. The van der Waals surface area contributed by atoms with Crippen LogP contribution in [0.4, 0.5) is 0 Å². The lowest BCUT2D eigenvalue weighted by Gasteiger charge is -1.74. The van der Waals surface area contributed by atoms with Gasteiger partial charge < -0.3 is 5.11 Å². The van der Waals surface area contributed by atoms with E-state index in [9.17, 15) is 14.4 Å². The zero-order valence-electron chi connectivity index (χ0n) is 3.75. The molecule has 4 nitrogen and oxygen atoms in total. The van der Waals surface area contributed by atoms with Crippen molar-refractivity contribution in [1.29, 1.82) is 0 Å². The van der Waals surface area contributed by atoms with Crippen molar-refractivity contribution in [2.24, 2.45) is 0 Å². The molecule has 0 radical (unpaired) electrons. The minimum atomic E-state index is -1.65. The Bertz CT molecular complexity index is 159. The Balaban J connectivity index is 4.05. The van der Waals surface area contributed by atoms with Gasteiger partial charge in [0.2, 0.25) is 0 Å². The third-order valence-electron chi connectivity index (χ3n) is 0.401. The van der Waals surface area contributed by atoms with Crippen molar-refractivity contribution in [3.05, 3.63) is 6.08 Å². The van der Waals surface area contributed by atoms with Gasteiger partial charge >= 0.3 is 5.97 Å². The quantitative estimate of drug-likeness (QED) is 0.285. The Labute approximate surface area is 44.4 Å². The molecule has 4 heteroatoms. The summed E-state index contributed by atoms with van der Waals surface area (Å²) >= 11 is 0. The van der Waals surface area contributed by atoms with Gasteiger partial charge in [-0.05, 0) is 0 Å². The highest BCUT2D eigenvalue weighted by Crippen LogP contribution is 1.68. The maximum atomic E-state index is 9.83.